The Bertz CT molecular complexity index is 1160. The van der Waals surface area contributed by atoms with E-state index in [-0.39, 0.29) is 30.3 Å². The number of amides is 4. The largest absolute Gasteiger partial charge is 0.354 e. The maximum Gasteiger partial charge on any atom is 0.322 e. The first-order chi connectivity index (χ1) is 16.2. The van der Waals surface area contributed by atoms with Crippen LogP contribution < -0.4 is 10.6 Å². The summed E-state index contributed by atoms with van der Waals surface area (Å²) in [5, 5.41) is 5.98. The summed E-state index contributed by atoms with van der Waals surface area (Å²) in [5.74, 6) is -0.179. The predicted molar refractivity (Wildman–Crippen MR) is 131 cm³/mol. The van der Waals surface area contributed by atoms with Gasteiger partial charge in [-0.25, -0.2) is 4.79 Å². The van der Waals surface area contributed by atoms with Gasteiger partial charge in [0.25, 0.3) is 5.91 Å². The Morgan fingerprint density at radius 3 is 2.47 bits per heavy atom. The standard InChI is InChI=1S/C27H32N4O3/c1-16(2)14-28-25(32)24(19-9-7-6-8-10-19)31-15-21-22(26(31)33)23(29-27(34)30(21)5)20-12-11-17(3)13-18(20)4/h6-13,16,23-24H,14-15H2,1-5H3,(H,28,32)(H,29,34)/t23-,24+/m0/s1. The molecule has 2 aromatic rings. The number of nitrogens with zero attached hydrogens (tertiary/aromatic N) is 2. The van der Waals surface area contributed by atoms with Crippen molar-refractivity contribution in [1.82, 2.24) is 20.4 Å². The molecular weight excluding hydrogens is 428 g/mol. The van der Waals surface area contributed by atoms with Gasteiger partial charge in [-0.3, -0.25) is 14.5 Å². The molecule has 7 nitrogen and oxygen atoms in total. The Labute approximate surface area is 200 Å². The van der Waals surface area contributed by atoms with Crippen LogP contribution >= 0.6 is 0 Å². The summed E-state index contributed by atoms with van der Waals surface area (Å²) >= 11 is 0. The minimum Gasteiger partial charge on any atom is -0.354 e. The van der Waals surface area contributed by atoms with Gasteiger partial charge in [-0.1, -0.05) is 67.9 Å². The number of likely N-dealkylation sites (N-methyl/N-ethyl adjacent to an activating group) is 1. The average Bonchev–Trinajstić information content (AvgIpc) is 3.13. The van der Waals surface area contributed by atoms with Gasteiger partial charge >= 0.3 is 6.03 Å². The van der Waals surface area contributed by atoms with Crippen molar-refractivity contribution >= 4 is 17.8 Å². The summed E-state index contributed by atoms with van der Waals surface area (Å²) in [6, 6.07) is 13.7. The molecule has 0 saturated heterocycles. The topological polar surface area (TPSA) is 81.8 Å². The van der Waals surface area contributed by atoms with Crippen LogP contribution in [0.5, 0.6) is 0 Å². The van der Waals surface area contributed by atoms with E-state index in [4.69, 9.17) is 0 Å². The smallest absolute Gasteiger partial charge is 0.322 e. The average molecular weight is 461 g/mol. The first-order valence-corrected chi connectivity index (χ1v) is 11.7. The first-order valence-electron chi connectivity index (χ1n) is 11.7. The zero-order chi connectivity index (χ0) is 24.6. The van der Waals surface area contributed by atoms with E-state index in [0.717, 1.165) is 22.3 Å². The van der Waals surface area contributed by atoms with Crippen molar-refractivity contribution in [1.29, 1.82) is 0 Å². The number of rotatable bonds is 6. The molecule has 0 aliphatic carbocycles. The Morgan fingerprint density at radius 2 is 1.82 bits per heavy atom. The second kappa shape index (κ2) is 9.33. The lowest BCUT2D eigenvalue weighted by atomic mass is 9.91. The van der Waals surface area contributed by atoms with Gasteiger partial charge in [0, 0.05) is 13.6 Å². The first kappa shape index (κ1) is 23.5. The van der Waals surface area contributed by atoms with E-state index in [2.05, 4.69) is 10.6 Å². The second-order valence-corrected chi connectivity index (χ2v) is 9.55. The molecule has 7 heteroatoms. The van der Waals surface area contributed by atoms with E-state index in [1.807, 2.05) is 76.2 Å². The van der Waals surface area contributed by atoms with Crippen molar-refractivity contribution in [3.8, 4) is 0 Å². The zero-order valence-electron chi connectivity index (χ0n) is 20.4. The maximum atomic E-state index is 13.9. The van der Waals surface area contributed by atoms with E-state index < -0.39 is 12.1 Å². The molecule has 178 valence electrons. The van der Waals surface area contributed by atoms with E-state index in [1.54, 1.807) is 11.9 Å². The Kier molecular flexibility index (Phi) is 6.46. The van der Waals surface area contributed by atoms with Crippen LogP contribution in [0.1, 0.15) is 48.2 Å². The Balaban J connectivity index is 1.74. The third-order valence-electron chi connectivity index (χ3n) is 6.48. The van der Waals surface area contributed by atoms with E-state index in [1.165, 1.54) is 4.90 Å². The van der Waals surface area contributed by atoms with Gasteiger partial charge in [-0.15, -0.1) is 0 Å². The normalized spacial score (nSPS) is 18.8. The Hall–Kier alpha value is -3.61. The molecule has 4 rings (SSSR count). The highest BCUT2D eigenvalue weighted by Crippen LogP contribution is 2.40. The van der Waals surface area contributed by atoms with Gasteiger partial charge in [-0.2, -0.15) is 0 Å². The molecule has 2 atom stereocenters. The number of benzene rings is 2. The van der Waals surface area contributed by atoms with Crippen LogP contribution in [0.25, 0.3) is 0 Å². The van der Waals surface area contributed by atoms with E-state index >= 15 is 0 Å². The number of aryl methyl sites for hydroxylation is 2. The lowest BCUT2D eigenvalue weighted by Crippen LogP contribution is -2.45. The van der Waals surface area contributed by atoms with Crippen LogP contribution in [-0.2, 0) is 9.59 Å². The summed E-state index contributed by atoms with van der Waals surface area (Å²) in [7, 11) is 1.66. The highest BCUT2D eigenvalue weighted by molar-refractivity contribution is 6.03. The molecule has 0 unspecified atom stereocenters. The fourth-order valence-corrected chi connectivity index (χ4v) is 4.69. The molecule has 2 aliphatic heterocycles. The maximum absolute atomic E-state index is 13.9. The third kappa shape index (κ3) is 4.30. The molecule has 0 saturated carbocycles. The van der Waals surface area contributed by atoms with Crippen molar-refractivity contribution in [2.24, 2.45) is 5.92 Å². The van der Waals surface area contributed by atoms with Gasteiger partial charge < -0.3 is 15.5 Å². The van der Waals surface area contributed by atoms with Crippen molar-refractivity contribution in [3.63, 3.8) is 0 Å². The molecular formula is C27H32N4O3. The quantitative estimate of drug-likeness (QED) is 0.691. The predicted octanol–water partition coefficient (Wildman–Crippen LogP) is 3.61. The Morgan fingerprint density at radius 1 is 1.12 bits per heavy atom. The van der Waals surface area contributed by atoms with Crippen molar-refractivity contribution in [3.05, 3.63) is 82.1 Å². The number of carbonyl (C=O) groups is 3. The number of hydrogen-bond acceptors (Lipinski definition) is 3. The SMILES string of the molecule is Cc1ccc([C@@H]2NC(=O)N(C)C3=C2C(=O)N([C@@H](C(=O)NCC(C)C)c2ccccc2)C3)c(C)c1. The second-order valence-electron chi connectivity index (χ2n) is 9.55. The molecule has 2 heterocycles. The van der Waals surface area contributed by atoms with Crippen LogP contribution in [-0.4, -0.2) is 47.8 Å². The summed E-state index contributed by atoms with van der Waals surface area (Å²) < 4.78 is 0. The summed E-state index contributed by atoms with van der Waals surface area (Å²) in [6.45, 7) is 8.75. The van der Waals surface area contributed by atoms with Gasteiger partial charge in [0.1, 0.15) is 6.04 Å². The van der Waals surface area contributed by atoms with Gasteiger partial charge in [0.15, 0.2) is 0 Å². The fourth-order valence-electron chi connectivity index (χ4n) is 4.69. The highest BCUT2D eigenvalue weighted by atomic mass is 16.2. The zero-order valence-corrected chi connectivity index (χ0v) is 20.4. The summed E-state index contributed by atoms with van der Waals surface area (Å²) in [6.07, 6.45) is 0. The monoisotopic (exact) mass is 460 g/mol. The summed E-state index contributed by atoms with van der Waals surface area (Å²) in [4.78, 5) is 43.2. The number of urea groups is 1. The molecule has 0 spiro atoms. The van der Waals surface area contributed by atoms with Crippen LogP contribution in [0.3, 0.4) is 0 Å². The molecule has 0 aromatic heterocycles. The molecule has 4 amide bonds. The molecule has 0 fully saturated rings. The van der Waals surface area contributed by atoms with Crippen LogP contribution in [0.4, 0.5) is 4.79 Å². The molecule has 2 N–H and O–H groups in total. The number of carbonyl (C=O) groups excluding carboxylic acids is 3. The van der Waals surface area contributed by atoms with Crippen molar-refractivity contribution < 1.29 is 14.4 Å². The number of hydrogen-bond donors (Lipinski definition) is 2. The molecule has 2 aromatic carbocycles. The molecule has 0 radical (unpaired) electrons. The molecule has 2 aliphatic rings. The van der Waals surface area contributed by atoms with Crippen LogP contribution in [0.2, 0.25) is 0 Å². The lowest BCUT2D eigenvalue weighted by Gasteiger charge is -2.31. The summed E-state index contributed by atoms with van der Waals surface area (Å²) in [5.41, 5.74) is 4.89. The molecule has 34 heavy (non-hydrogen) atoms. The van der Waals surface area contributed by atoms with Gasteiger partial charge in [0.2, 0.25) is 5.91 Å². The van der Waals surface area contributed by atoms with Crippen LogP contribution in [0.15, 0.2) is 59.8 Å². The third-order valence-corrected chi connectivity index (χ3v) is 6.48. The van der Waals surface area contributed by atoms with E-state index in [0.29, 0.717) is 17.8 Å². The van der Waals surface area contributed by atoms with Crippen molar-refractivity contribution in [2.45, 2.75) is 39.8 Å². The minimum absolute atomic E-state index is 0.189. The van der Waals surface area contributed by atoms with Gasteiger partial charge in [0.05, 0.1) is 23.9 Å². The van der Waals surface area contributed by atoms with Crippen molar-refractivity contribution in [2.75, 3.05) is 20.1 Å². The van der Waals surface area contributed by atoms with Gasteiger partial charge in [-0.05, 0) is 36.5 Å². The minimum atomic E-state index is -0.790. The van der Waals surface area contributed by atoms with E-state index in [9.17, 15) is 14.4 Å². The fraction of sp³-hybridized carbons (Fsp3) is 0.370. The lowest BCUT2D eigenvalue weighted by molar-refractivity contribution is -0.136. The van der Waals surface area contributed by atoms with Crippen LogP contribution in [0, 0.1) is 19.8 Å². The molecule has 0 bridgehead atoms. The highest BCUT2D eigenvalue weighted by Gasteiger charge is 2.46. The number of nitrogens with one attached hydrogen (secondary N) is 2.